The summed E-state index contributed by atoms with van der Waals surface area (Å²) in [4.78, 5) is 10.8. The molecule has 1 N–H and O–H groups in total. The number of tetrazole rings is 1. The standard InChI is InChI=1S/C11H10BrFN4O2/c1-6(11(18)19)5-17-10(14-15-16-17)8-3-2-7(12)4-9(8)13/h2-4,6H,5H2,1H3,(H,18,19). The average molecular weight is 329 g/mol. The summed E-state index contributed by atoms with van der Waals surface area (Å²) in [6.07, 6.45) is 0. The second-order valence-electron chi connectivity index (χ2n) is 4.05. The molecule has 2 rings (SSSR count). The van der Waals surface area contributed by atoms with Crippen LogP contribution in [0.3, 0.4) is 0 Å². The van der Waals surface area contributed by atoms with Gasteiger partial charge in [0, 0.05) is 4.47 Å². The summed E-state index contributed by atoms with van der Waals surface area (Å²) in [7, 11) is 0. The van der Waals surface area contributed by atoms with Crippen LogP contribution < -0.4 is 0 Å². The van der Waals surface area contributed by atoms with Gasteiger partial charge in [-0.05, 0) is 28.6 Å². The lowest BCUT2D eigenvalue weighted by Crippen LogP contribution is -2.18. The highest BCUT2D eigenvalue weighted by Gasteiger charge is 2.18. The molecular weight excluding hydrogens is 319 g/mol. The lowest BCUT2D eigenvalue weighted by atomic mass is 10.1. The molecule has 0 bridgehead atoms. The van der Waals surface area contributed by atoms with E-state index < -0.39 is 17.7 Å². The Labute approximate surface area is 116 Å². The molecule has 1 aromatic carbocycles. The van der Waals surface area contributed by atoms with Crippen molar-refractivity contribution in [3.63, 3.8) is 0 Å². The smallest absolute Gasteiger partial charge is 0.308 e. The van der Waals surface area contributed by atoms with Crippen molar-refractivity contribution >= 4 is 21.9 Å². The molecular formula is C11H10BrFN4O2. The third-order valence-electron chi connectivity index (χ3n) is 2.57. The molecule has 1 heterocycles. The van der Waals surface area contributed by atoms with Crippen molar-refractivity contribution in [2.75, 3.05) is 0 Å². The number of carboxylic acids is 1. The molecule has 0 spiro atoms. The second kappa shape index (κ2) is 5.43. The van der Waals surface area contributed by atoms with Gasteiger partial charge < -0.3 is 5.11 Å². The van der Waals surface area contributed by atoms with E-state index in [1.54, 1.807) is 6.07 Å². The molecule has 0 saturated heterocycles. The molecule has 8 heteroatoms. The van der Waals surface area contributed by atoms with Gasteiger partial charge in [0.05, 0.1) is 18.0 Å². The first-order valence-electron chi connectivity index (χ1n) is 5.43. The van der Waals surface area contributed by atoms with E-state index in [0.29, 0.717) is 4.47 Å². The van der Waals surface area contributed by atoms with Crippen LogP contribution in [-0.4, -0.2) is 31.3 Å². The summed E-state index contributed by atoms with van der Waals surface area (Å²) < 4.78 is 15.7. The number of aromatic nitrogens is 4. The van der Waals surface area contributed by atoms with E-state index in [4.69, 9.17) is 5.11 Å². The first-order chi connectivity index (χ1) is 8.99. The second-order valence-corrected chi connectivity index (χ2v) is 4.96. The van der Waals surface area contributed by atoms with Crippen LogP contribution >= 0.6 is 15.9 Å². The van der Waals surface area contributed by atoms with E-state index in [1.165, 1.54) is 23.7 Å². The zero-order valence-corrected chi connectivity index (χ0v) is 11.5. The quantitative estimate of drug-likeness (QED) is 0.927. The monoisotopic (exact) mass is 328 g/mol. The summed E-state index contributed by atoms with van der Waals surface area (Å²) in [6.45, 7) is 1.61. The summed E-state index contributed by atoms with van der Waals surface area (Å²) in [5.74, 6) is -1.90. The molecule has 1 atom stereocenters. The normalized spacial score (nSPS) is 12.4. The van der Waals surface area contributed by atoms with Gasteiger partial charge in [-0.1, -0.05) is 22.9 Å². The van der Waals surface area contributed by atoms with Gasteiger partial charge in [0.25, 0.3) is 0 Å². The van der Waals surface area contributed by atoms with Crippen LogP contribution in [0.4, 0.5) is 4.39 Å². The topological polar surface area (TPSA) is 80.9 Å². The van der Waals surface area contributed by atoms with Gasteiger partial charge in [0.15, 0.2) is 5.82 Å². The number of benzene rings is 1. The van der Waals surface area contributed by atoms with E-state index in [9.17, 15) is 9.18 Å². The minimum atomic E-state index is -0.960. The average Bonchev–Trinajstić information content (AvgIpc) is 2.77. The lowest BCUT2D eigenvalue weighted by Gasteiger charge is -2.08. The SMILES string of the molecule is CC(Cn1nnnc1-c1ccc(Br)cc1F)C(=O)O. The van der Waals surface area contributed by atoms with Crippen LogP contribution in [0.1, 0.15) is 6.92 Å². The van der Waals surface area contributed by atoms with E-state index >= 15 is 0 Å². The Morgan fingerprint density at radius 3 is 2.95 bits per heavy atom. The number of carbonyl (C=O) groups is 1. The lowest BCUT2D eigenvalue weighted by molar-refractivity contribution is -0.141. The molecule has 1 unspecified atom stereocenters. The summed E-state index contributed by atoms with van der Waals surface area (Å²) in [6, 6.07) is 4.50. The highest BCUT2D eigenvalue weighted by Crippen LogP contribution is 2.23. The molecule has 0 amide bonds. The number of halogens is 2. The number of carboxylic acid groups (broad SMARTS) is 1. The van der Waals surface area contributed by atoms with Crippen molar-refractivity contribution in [1.29, 1.82) is 0 Å². The Bertz CT molecular complexity index is 616. The predicted octanol–water partition coefficient (Wildman–Crippen LogP) is 1.96. The molecule has 19 heavy (non-hydrogen) atoms. The van der Waals surface area contributed by atoms with Crippen LogP contribution in [0.25, 0.3) is 11.4 Å². The van der Waals surface area contributed by atoms with Gasteiger partial charge in [0.1, 0.15) is 5.82 Å². The highest BCUT2D eigenvalue weighted by atomic mass is 79.9. The van der Waals surface area contributed by atoms with E-state index in [-0.39, 0.29) is 17.9 Å². The van der Waals surface area contributed by atoms with E-state index in [0.717, 1.165) is 0 Å². The van der Waals surface area contributed by atoms with Gasteiger partial charge in [0.2, 0.25) is 0 Å². The Morgan fingerprint density at radius 2 is 2.32 bits per heavy atom. The largest absolute Gasteiger partial charge is 0.481 e. The van der Waals surface area contributed by atoms with Crippen LogP contribution in [0.2, 0.25) is 0 Å². The van der Waals surface area contributed by atoms with Crippen LogP contribution in [0, 0.1) is 11.7 Å². The fraction of sp³-hybridized carbons (Fsp3) is 0.273. The van der Waals surface area contributed by atoms with Crippen molar-refractivity contribution in [1.82, 2.24) is 20.2 Å². The van der Waals surface area contributed by atoms with Crippen LogP contribution in [-0.2, 0) is 11.3 Å². The number of hydrogen-bond acceptors (Lipinski definition) is 4. The molecule has 1 aromatic heterocycles. The van der Waals surface area contributed by atoms with Gasteiger partial charge in [-0.15, -0.1) is 5.10 Å². The number of hydrogen-bond donors (Lipinski definition) is 1. The molecule has 0 aliphatic rings. The van der Waals surface area contributed by atoms with E-state index in [2.05, 4.69) is 31.5 Å². The maximum absolute atomic E-state index is 13.8. The zero-order valence-electron chi connectivity index (χ0n) is 9.92. The van der Waals surface area contributed by atoms with Crippen LogP contribution in [0.5, 0.6) is 0 Å². The van der Waals surface area contributed by atoms with Crippen molar-refractivity contribution < 1.29 is 14.3 Å². The van der Waals surface area contributed by atoms with Gasteiger partial charge in [-0.25, -0.2) is 9.07 Å². The van der Waals surface area contributed by atoms with E-state index in [1.807, 2.05) is 0 Å². The maximum Gasteiger partial charge on any atom is 0.308 e. The zero-order chi connectivity index (χ0) is 14.0. The minimum absolute atomic E-state index is 0.0766. The predicted molar refractivity (Wildman–Crippen MR) is 67.7 cm³/mol. The van der Waals surface area contributed by atoms with Crippen molar-refractivity contribution in [2.24, 2.45) is 5.92 Å². The summed E-state index contributed by atoms with van der Waals surface area (Å²) in [5.41, 5.74) is 0.228. The molecule has 2 aromatic rings. The minimum Gasteiger partial charge on any atom is -0.481 e. The summed E-state index contributed by atoms with van der Waals surface area (Å²) >= 11 is 3.16. The molecule has 0 aliphatic heterocycles. The number of aliphatic carboxylic acids is 1. The third-order valence-corrected chi connectivity index (χ3v) is 3.07. The first kappa shape index (κ1) is 13.6. The molecule has 0 aliphatic carbocycles. The maximum atomic E-state index is 13.8. The Hall–Kier alpha value is -1.83. The molecule has 100 valence electrons. The fourth-order valence-electron chi connectivity index (χ4n) is 1.53. The Morgan fingerprint density at radius 1 is 1.58 bits per heavy atom. The Balaban J connectivity index is 2.36. The molecule has 0 saturated carbocycles. The summed E-state index contributed by atoms with van der Waals surface area (Å²) in [5, 5.41) is 19.8. The van der Waals surface area contributed by atoms with Gasteiger partial charge in [-0.2, -0.15) is 0 Å². The van der Waals surface area contributed by atoms with Crippen LogP contribution in [0.15, 0.2) is 22.7 Å². The molecule has 0 fully saturated rings. The van der Waals surface area contributed by atoms with Crippen molar-refractivity contribution in [2.45, 2.75) is 13.5 Å². The van der Waals surface area contributed by atoms with Crippen molar-refractivity contribution in [3.05, 3.63) is 28.5 Å². The Kier molecular flexibility index (Phi) is 3.89. The van der Waals surface area contributed by atoms with Gasteiger partial charge >= 0.3 is 5.97 Å². The first-order valence-corrected chi connectivity index (χ1v) is 6.22. The highest BCUT2D eigenvalue weighted by molar-refractivity contribution is 9.10. The van der Waals surface area contributed by atoms with Gasteiger partial charge in [-0.3, -0.25) is 4.79 Å². The molecule has 0 radical (unpaired) electrons. The van der Waals surface area contributed by atoms with Crippen molar-refractivity contribution in [3.8, 4) is 11.4 Å². The molecule has 6 nitrogen and oxygen atoms in total. The number of rotatable bonds is 4. The fourth-order valence-corrected chi connectivity index (χ4v) is 1.86. The number of nitrogens with zero attached hydrogens (tertiary/aromatic N) is 4. The third kappa shape index (κ3) is 2.95.